The molecule has 0 aliphatic rings. The molecule has 2 heteroatoms. The van der Waals surface area contributed by atoms with Crippen molar-refractivity contribution in [1.82, 2.24) is 0 Å². The quantitative estimate of drug-likeness (QED) is 0.617. The van der Waals surface area contributed by atoms with E-state index in [-0.39, 0.29) is 0 Å². The Kier molecular flexibility index (Phi) is 6.58. The molecule has 0 amide bonds. The number of alkyl halides is 1. The molecule has 1 aromatic rings. The summed E-state index contributed by atoms with van der Waals surface area (Å²) in [5.41, 5.74) is 1.44. The van der Waals surface area contributed by atoms with Gasteiger partial charge in [-0.3, -0.25) is 0 Å². The first-order valence-corrected chi connectivity index (χ1v) is 7.31. The van der Waals surface area contributed by atoms with Gasteiger partial charge in [0.05, 0.1) is 0 Å². The third-order valence-corrected chi connectivity index (χ3v) is 3.94. The van der Waals surface area contributed by atoms with Crippen LogP contribution >= 0.6 is 31.9 Å². The first-order valence-electron chi connectivity index (χ1n) is 5.61. The highest BCUT2D eigenvalue weighted by atomic mass is 79.9. The summed E-state index contributed by atoms with van der Waals surface area (Å²) >= 11 is 7.17. The van der Waals surface area contributed by atoms with Crippen LogP contribution in [0.1, 0.15) is 38.2 Å². The molecule has 0 aromatic heterocycles. The van der Waals surface area contributed by atoms with E-state index >= 15 is 0 Å². The molecular formula is C13H18Br2. The lowest BCUT2D eigenvalue weighted by Crippen LogP contribution is -1.97. The highest BCUT2D eigenvalue weighted by molar-refractivity contribution is 9.10. The molecule has 0 bridgehead atoms. The van der Waals surface area contributed by atoms with Gasteiger partial charge in [0.2, 0.25) is 0 Å². The number of halogens is 2. The zero-order chi connectivity index (χ0) is 11.1. The Morgan fingerprint density at radius 1 is 1.13 bits per heavy atom. The fourth-order valence-electron chi connectivity index (χ4n) is 1.64. The van der Waals surface area contributed by atoms with Crippen molar-refractivity contribution in [2.45, 2.75) is 43.9 Å². The van der Waals surface area contributed by atoms with Crippen LogP contribution in [-0.2, 0) is 6.42 Å². The van der Waals surface area contributed by atoms with Crippen LogP contribution in [0.15, 0.2) is 28.7 Å². The second-order valence-electron chi connectivity index (χ2n) is 3.90. The lowest BCUT2D eigenvalue weighted by Gasteiger charge is -2.07. The van der Waals surface area contributed by atoms with Crippen molar-refractivity contribution >= 4 is 31.9 Å². The van der Waals surface area contributed by atoms with Crippen molar-refractivity contribution in [2.24, 2.45) is 0 Å². The van der Waals surface area contributed by atoms with Gasteiger partial charge in [-0.2, -0.15) is 0 Å². The topological polar surface area (TPSA) is 0 Å². The maximum absolute atomic E-state index is 3.72. The van der Waals surface area contributed by atoms with Crippen LogP contribution in [0.2, 0.25) is 0 Å². The molecule has 0 radical (unpaired) electrons. The molecule has 1 atom stereocenters. The molecule has 0 aliphatic heterocycles. The standard InChI is InChI=1S/C13H18Br2/c1-2-4-12(14)6-3-5-11-7-9-13(15)10-8-11/h7-10,12H,2-6H2,1H3. The molecular weight excluding hydrogens is 316 g/mol. The number of hydrogen-bond donors (Lipinski definition) is 0. The van der Waals surface area contributed by atoms with E-state index in [2.05, 4.69) is 63.0 Å². The Labute approximate surface area is 110 Å². The molecule has 0 saturated heterocycles. The summed E-state index contributed by atoms with van der Waals surface area (Å²) in [4.78, 5) is 0.706. The lowest BCUT2D eigenvalue weighted by atomic mass is 10.1. The van der Waals surface area contributed by atoms with E-state index in [4.69, 9.17) is 0 Å². The molecule has 0 heterocycles. The Morgan fingerprint density at radius 3 is 2.40 bits per heavy atom. The molecule has 0 aliphatic carbocycles. The second-order valence-corrected chi connectivity index (χ2v) is 6.12. The highest BCUT2D eigenvalue weighted by Gasteiger charge is 2.02. The van der Waals surface area contributed by atoms with E-state index in [9.17, 15) is 0 Å². The van der Waals surface area contributed by atoms with Gasteiger partial charge in [-0.25, -0.2) is 0 Å². The molecule has 1 aromatic carbocycles. The third-order valence-electron chi connectivity index (χ3n) is 2.50. The highest BCUT2D eigenvalue weighted by Crippen LogP contribution is 2.17. The van der Waals surface area contributed by atoms with Crippen molar-refractivity contribution in [3.8, 4) is 0 Å². The molecule has 15 heavy (non-hydrogen) atoms. The average Bonchev–Trinajstić information content (AvgIpc) is 2.21. The number of aryl methyl sites for hydroxylation is 1. The fourth-order valence-corrected chi connectivity index (χ4v) is 2.68. The monoisotopic (exact) mass is 332 g/mol. The van der Waals surface area contributed by atoms with E-state index in [0.717, 1.165) is 4.47 Å². The van der Waals surface area contributed by atoms with Gasteiger partial charge < -0.3 is 0 Å². The van der Waals surface area contributed by atoms with Gasteiger partial charge in [0.15, 0.2) is 0 Å². The maximum Gasteiger partial charge on any atom is 0.0175 e. The summed E-state index contributed by atoms with van der Waals surface area (Å²) in [6, 6.07) is 8.64. The van der Waals surface area contributed by atoms with Gasteiger partial charge >= 0.3 is 0 Å². The zero-order valence-corrected chi connectivity index (χ0v) is 12.4. The van der Waals surface area contributed by atoms with Crippen LogP contribution in [0.4, 0.5) is 0 Å². The molecule has 0 fully saturated rings. The van der Waals surface area contributed by atoms with Crippen LogP contribution < -0.4 is 0 Å². The van der Waals surface area contributed by atoms with Gasteiger partial charge in [0.1, 0.15) is 0 Å². The molecule has 0 nitrogen and oxygen atoms in total. The van der Waals surface area contributed by atoms with Crippen molar-refractivity contribution in [2.75, 3.05) is 0 Å². The van der Waals surface area contributed by atoms with Crippen LogP contribution in [0.5, 0.6) is 0 Å². The van der Waals surface area contributed by atoms with Crippen molar-refractivity contribution < 1.29 is 0 Å². The molecule has 0 spiro atoms. The van der Waals surface area contributed by atoms with Crippen molar-refractivity contribution in [3.63, 3.8) is 0 Å². The molecule has 0 N–H and O–H groups in total. The normalized spacial score (nSPS) is 12.7. The van der Waals surface area contributed by atoms with Crippen LogP contribution in [-0.4, -0.2) is 4.83 Å². The summed E-state index contributed by atoms with van der Waals surface area (Å²) in [6.07, 6.45) is 6.31. The average molecular weight is 334 g/mol. The van der Waals surface area contributed by atoms with Crippen LogP contribution in [0.3, 0.4) is 0 Å². The first-order chi connectivity index (χ1) is 7.22. The third kappa shape index (κ3) is 5.72. The van der Waals surface area contributed by atoms with E-state index < -0.39 is 0 Å². The minimum atomic E-state index is 0.706. The van der Waals surface area contributed by atoms with E-state index in [1.54, 1.807) is 0 Å². The molecule has 84 valence electrons. The lowest BCUT2D eigenvalue weighted by molar-refractivity contribution is 0.655. The van der Waals surface area contributed by atoms with Gasteiger partial charge in [-0.1, -0.05) is 57.3 Å². The predicted octanol–water partition coefficient (Wildman–Crippen LogP) is 5.34. The van der Waals surface area contributed by atoms with Gasteiger partial charge in [-0.05, 0) is 43.4 Å². The summed E-state index contributed by atoms with van der Waals surface area (Å²) < 4.78 is 1.16. The summed E-state index contributed by atoms with van der Waals surface area (Å²) in [6.45, 7) is 2.24. The summed E-state index contributed by atoms with van der Waals surface area (Å²) in [5.74, 6) is 0. The summed E-state index contributed by atoms with van der Waals surface area (Å²) in [7, 11) is 0. The molecule has 1 unspecified atom stereocenters. The Morgan fingerprint density at radius 2 is 1.80 bits per heavy atom. The van der Waals surface area contributed by atoms with Gasteiger partial charge in [0, 0.05) is 9.30 Å². The first kappa shape index (κ1) is 13.2. The van der Waals surface area contributed by atoms with Crippen molar-refractivity contribution in [1.29, 1.82) is 0 Å². The smallest absolute Gasteiger partial charge is 0.0175 e. The van der Waals surface area contributed by atoms with E-state index in [1.807, 2.05) is 0 Å². The van der Waals surface area contributed by atoms with E-state index in [0.29, 0.717) is 4.83 Å². The fraction of sp³-hybridized carbons (Fsp3) is 0.538. The second kappa shape index (κ2) is 7.45. The Bertz CT molecular complexity index is 266. The van der Waals surface area contributed by atoms with Gasteiger partial charge in [-0.15, -0.1) is 0 Å². The number of hydrogen-bond acceptors (Lipinski definition) is 0. The number of benzene rings is 1. The Hall–Kier alpha value is 0.180. The summed E-state index contributed by atoms with van der Waals surface area (Å²) in [5, 5.41) is 0. The molecule has 1 rings (SSSR count). The zero-order valence-electron chi connectivity index (χ0n) is 9.18. The predicted molar refractivity (Wildman–Crippen MR) is 74.7 cm³/mol. The van der Waals surface area contributed by atoms with E-state index in [1.165, 1.54) is 37.7 Å². The SMILES string of the molecule is CCCC(Br)CCCc1ccc(Br)cc1. The van der Waals surface area contributed by atoms with Gasteiger partial charge in [0.25, 0.3) is 0 Å². The maximum atomic E-state index is 3.72. The largest absolute Gasteiger partial charge is 0.0891 e. The van der Waals surface area contributed by atoms with Crippen molar-refractivity contribution in [3.05, 3.63) is 34.3 Å². The van der Waals surface area contributed by atoms with Crippen LogP contribution in [0, 0.1) is 0 Å². The number of rotatable bonds is 6. The minimum Gasteiger partial charge on any atom is -0.0891 e. The minimum absolute atomic E-state index is 0.706. The molecule has 0 saturated carbocycles. The Balaban J connectivity index is 2.22. The van der Waals surface area contributed by atoms with Crippen LogP contribution in [0.25, 0.3) is 0 Å².